The molecule has 0 aliphatic carbocycles. The largest absolute Gasteiger partial charge is 0.325 e. The highest BCUT2D eigenvalue weighted by Gasteiger charge is 2.20. The first kappa shape index (κ1) is 13.5. The van der Waals surface area contributed by atoms with E-state index in [1.54, 1.807) is 0 Å². The summed E-state index contributed by atoms with van der Waals surface area (Å²) in [6, 6.07) is 0. The van der Waals surface area contributed by atoms with Gasteiger partial charge >= 0.3 is 0 Å². The Morgan fingerprint density at radius 1 is 1.67 bits per heavy atom. The number of thiol groups is 1. The molecule has 0 aromatic carbocycles. The minimum atomic E-state index is -0.532. The highest BCUT2D eigenvalue weighted by atomic mass is 33.4. The lowest BCUT2D eigenvalue weighted by atomic mass is 10.6. The van der Waals surface area contributed by atoms with E-state index in [0.717, 1.165) is 11.7 Å². The van der Waals surface area contributed by atoms with Crippen molar-refractivity contribution in [2.45, 2.75) is 26.1 Å². The van der Waals surface area contributed by atoms with E-state index in [1.807, 2.05) is 18.7 Å². The predicted molar refractivity (Wildman–Crippen MR) is 69.0 cm³/mol. The first-order valence-corrected chi connectivity index (χ1v) is 9.74. The Balaban J connectivity index is 3.31. The van der Waals surface area contributed by atoms with Crippen molar-refractivity contribution in [3.05, 3.63) is 0 Å². The van der Waals surface area contributed by atoms with Crippen LogP contribution >= 0.6 is 39.7 Å². The maximum absolute atomic E-state index is 5.51. The first-order valence-electron chi connectivity index (χ1n) is 3.69. The Hall–Kier alpha value is 1.53. The SMILES string of the molecule is CCCSCOC(C)[P+](=S)SS. The van der Waals surface area contributed by atoms with Crippen LogP contribution < -0.4 is 0 Å². The van der Waals surface area contributed by atoms with Crippen molar-refractivity contribution in [1.29, 1.82) is 0 Å². The topological polar surface area (TPSA) is 9.23 Å². The van der Waals surface area contributed by atoms with Gasteiger partial charge in [-0.1, -0.05) is 18.6 Å². The Labute approximate surface area is 93.8 Å². The highest BCUT2D eigenvalue weighted by molar-refractivity contribution is 8.96. The molecule has 0 aromatic heterocycles. The molecule has 0 fully saturated rings. The van der Waals surface area contributed by atoms with Crippen molar-refractivity contribution in [2.24, 2.45) is 0 Å². The third kappa shape index (κ3) is 6.98. The molecular weight excluding hydrogens is 247 g/mol. The number of thioether (sulfide) groups is 1. The number of hydrogen-bond donors (Lipinski definition) is 1. The zero-order chi connectivity index (χ0) is 9.40. The van der Waals surface area contributed by atoms with Gasteiger partial charge in [-0.15, -0.1) is 11.8 Å². The van der Waals surface area contributed by atoms with Gasteiger partial charge in [0.25, 0.3) is 5.90 Å². The fourth-order valence-corrected chi connectivity index (χ4v) is 3.57. The van der Waals surface area contributed by atoms with Crippen molar-refractivity contribution < 1.29 is 4.74 Å². The molecule has 2 atom stereocenters. The molecule has 0 spiro atoms. The van der Waals surface area contributed by atoms with Gasteiger partial charge in [-0.05, 0) is 12.2 Å². The van der Waals surface area contributed by atoms with Crippen LogP contribution in [0.3, 0.4) is 0 Å². The van der Waals surface area contributed by atoms with Gasteiger partial charge in [0, 0.05) is 6.92 Å². The maximum Gasteiger partial charge on any atom is 0.287 e. The summed E-state index contributed by atoms with van der Waals surface area (Å²) in [5.41, 5.74) is 0. The Bertz CT molecular complexity index is 133. The van der Waals surface area contributed by atoms with Gasteiger partial charge in [0.15, 0.2) is 22.2 Å². The van der Waals surface area contributed by atoms with Crippen LogP contribution in [0.5, 0.6) is 0 Å². The summed E-state index contributed by atoms with van der Waals surface area (Å²) in [6.07, 6.45) is 1.20. The van der Waals surface area contributed by atoms with Crippen molar-refractivity contribution in [2.75, 3.05) is 11.7 Å². The van der Waals surface area contributed by atoms with Gasteiger partial charge in [0.1, 0.15) is 0 Å². The zero-order valence-corrected chi connectivity index (χ0v) is 11.5. The number of ether oxygens (including phenoxy) is 1. The highest BCUT2D eigenvalue weighted by Crippen LogP contribution is 2.45. The van der Waals surface area contributed by atoms with Crippen molar-refractivity contribution >= 4 is 51.5 Å². The lowest BCUT2D eigenvalue weighted by Gasteiger charge is -2.03. The van der Waals surface area contributed by atoms with Crippen LogP contribution in [0, 0.1) is 0 Å². The van der Waals surface area contributed by atoms with E-state index in [2.05, 4.69) is 18.6 Å². The second-order valence-corrected chi connectivity index (χ2v) is 9.69. The van der Waals surface area contributed by atoms with Crippen LogP contribution in [-0.4, -0.2) is 17.5 Å². The van der Waals surface area contributed by atoms with Crippen LogP contribution in [0.2, 0.25) is 0 Å². The van der Waals surface area contributed by atoms with Crippen LogP contribution in [0.25, 0.3) is 0 Å². The van der Waals surface area contributed by atoms with Crippen LogP contribution in [0.15, 0.2) is 0 Å². The first-order chi connectivity index (χ1) is 5.72. The molecule has 6 heteroatoms. The predicted octanol–water partition coefficient (Wildman–Crippen LogP) is 3.89. The minimum Gasteiger partial charge on any atom is -0.325 e. The van der Waals surface area contributed by atoms with E-state index < -0.39 is 5.90 Å². The van der Waals surface area contributed by atoms with Gasteiger partial charge in [-0.2, -0.15) is 0 Å². The fourth-order valence-electron chi connectivity index (χ4n) is 0.477. The van der Waals surface area contributed by atoms with Gasteiger partial charge in [0.05, 0.1) is 5.94 Å². The third-order valence-electron chi connectivity index (χ3n) is 1.12. The average Bonchev–Trinajstić information content (AvgIpc) is 2.10. The fraction of sp³-hybridized carbons (Fsp3) is 1.00. The molecule has 0 saturated carbocycles. The molecule has 0 aliphatic rings. The molecule has 0 aromatic rings. The summed E-state index contributed by atoms with van der Waals surface area (Å²) in [7, 11) is 1.44. The normalized spacial score (nSPS) is 14.4. The molecule has 12 heavy (non-hydrogen) atoms. The summed E-state index contributed by atoms with van der Waals surface area (Å²) in [4.78, 5) is 0. The molecule has 0 amide bonds. The third-order valence-corrected chi connectivity index (χ3v) is 8.53. The standard InChI is InChI=1S/C6H13OPS4/c1-3-4-11-5-7-6(2)8(9)12-10/h6H,3-5H2,1-2H3/p+1. The lowest BCUT2D eigenvalue weighted by molar-refractivity contribution is 0.170. The summed E-state index contributed by atoms with van der Waals surface area (Å²) in [6.45, 7) is 4.19. The van der Waals surface area contributed by atoms with E-state index >= 15 is 0 Å². The minimum absolute atomic E-state index is 0.182. The van der Waals surface area contributed by atoms with E-state index in [-0.39, 0.29) is 5.85 Å². The van der Waals surface area contributed by atoms with E-state index in [9.17, 15) is 0 Å². The van der Waals surface area contributed by atoms with E-state index in [4.69, 9.17) is 16.5 Å². The molecule has 1 nitrogen and oxygen atoms in total. The Kier molecular flexibility index (Phi) is 10.3. The molecule has 2 unspecified atom stereocenters. The Morgan fingerprint density at radius 3 is 2.83 bits per heavy atom. The van der Waals surface area contributed by atoms with Gasteiger partial charge < -0.3 is 4.74 Å². The van der Waals surface area contributed by atoms with Crippen LogP contribution in [0.1, 0.15) is 20.3 Å². The second kappa shape index (κ2) is 9.10. The maximum atomic E-state index is 5.51. The van der Waals surface area contributed by atoms with E-state index in [0.29, 0.717) is 0 Å². The lowest BCUT2D eigenvalue weighted by Crippen LogP contribution is -2.00. The molecule has 0 heterocycles. The number of rotatable bonds is 7. The van der Waals surface area contributed by atoms with Gasteiger partial charge in [-0.25, -0.2) is 0 Å². The van der Waals surface area contributed by atoms with Crippen molar-refractivity contribution in [3.63, 3.8) is 0 Å². The summed E-state index contributed by atoms with van der Waals surface area (Å²) in [5.74, 6) is 1.58. The van der Waals surface area contributed by atoms with Gasteiger partial charge in [-0.3, -0.25) is 0 Å². The van der Waals surface area contributed by atoms with Crippen molar-refractivity contribution in [3.8, 4) is 0 Å². The average molecular weight is 261 g/mol. The summed E-state index contributed by atoms with van der Waals surface area (Å²) in [5, 5.41) is 0. The molecule has 0 aliphatic heterocycles. The number of hydrogen-bond acceptors (Lipinski definition) is 5. The van der Waals surface area contributed by atoms with E-state index in [1.165, 1.54) is 16.8 Å². The smallest absolute Gasteiger partial charge is 0.287 e. The zero-order valence-electron chi connectivity index (χ0n) is 7.23. The molecular formula is C6H14OPS4+. The molecule has 0 N–H and O–H groups in total. The molecule has 0 radical (unpaired) electrons. The molecule has 0 saturated heterocycles. The summed E-state index contributed by atoms with van der Waals surface area (Å²) >= 11 is 11.0. The quantitative estimate of drug-likeness (QED) is 0.245. The molecule has 72 valence electrons. The monoisotopic (exact) mass is 261 g/mol. The van der Waals surface area contributed by atoms with Gasteiger partial charge in [0.2, 0.25) is 5.85 Å². The van der Waals surface area contributed by atoms with Crippen LogP contribution in [-0.2, 0) is 16.5 Å². The second-order valence-electron chi connectivity index (χ2n) is 2.16. The Morgan fingerprint density at radius 2 is 2.33 bits per heavy atom. The van der Waals surface area contributed by atoms with Crippen LogP contribution in [0.4, 0.5) is 0 Å². The molecule has 0 bridgehead atoms. The van der Waals surface area contributed by atoms with Crippen molar-refractivity contribution in [1.82, 2.24) is 0 Å². The summed E-state index contributed by atoms with van der Waals surface area (Å²) < 4.78 is 5.51. The molecule has 0 rings (SSSR count).